The highest BCUT2D eigenvalue weighted by molar-refractivity contribution is 9.10. The highest BCUT2D eigenvalue weighted by Crippen LogP contribution is 2.13. The number of Topliss-reactive ketones (excluding diaryl/α,β-unsaturated/α-hetero) is 1. The number of pyridine rings is 1. The van der Waals surface area contributed by atoms with Crippen molar-refractivity contribution in [3.05, 3.63) is 28.0 Å². The number of ketones is 1. The Morgan fingerprint density at radius 2 is 2.46 bits per heavy atom. The predicted octanol–water partition coefficient (Wildman–Crippen LogP) is 2.25. The molecule has 0 unspecified atom stereocenters. The lowest BCUT2D eigenvalue weighted by Gasteiger charge is -2.00. The molecule has 0 saturated carbocycles. The molecule has 13 heavy (non-hydrogen) atoms. The van der Waals surface area contributed by atoms with Crippen LogP contribution < -0.4 is 0 Å². The topological polar surface area (TPSA) is 53.8 Å². The van der Waals surface area contributed by atoms with Crippen molar-refractivity contribution in [3.63, 3.8) is 0 Å². The Balaban J connectivity index is 3.03. The molecule has 4 heteroatoms. The number of hydrogen-bond donors (Lipinski definition) is 0. The largest absolute Gasteiger partial charge is 0.291 e. The minimum absolute atomic E-state index is 0.116. The fourth-order valence-corrected chi connectivity index (χ4v) is 1.43. The number of aryl methyl sites for hydroxylation is 1. The van der Waals surface area contributed by atoms with Gasteiger partial charge in [-0.25, -0.2) is 0 Å². The highest BCUT2D eigenvalue weighted by Gasteiger charge is 2.09. The maximum atomic E-state index is 11.3. The third kappa shape index (κ3) is 2.36. The first kappa shape index (κ1) is 9.87. The normalized spacial score (nSPS) is 9.31. The van der Waals surface area contributed by atoms with Gasteiger partial charge in [0.1, 0.15) is 12.1 Å². The van der Waals surface area contributed by atoms with Crippen LogP contribution in [0, 0.1) is 18.3 Å². The standard InChI is InChI=1S/C9H7BrN2O/c1-6-4-7(10)5-12-9(6)8(13)2-3-11/h4-5H,2H2,1H3. The summed E-state index contributed by atoms with van der Waals surface area (Å²) in [6, 6.07) is 3.61. The molecule has 0 fully saturated rings. The van der Waals surface area contributed by atoms with Crippen molar-refractivity contribution < 1.29 is 4.79 Å². The fraction of sp³-hybridized carbons (Fsp3) is 0.222. The van der Waals surface area contributed by atoms with E-state index in [-0.39, 0.29) is 12.2 Å². The fourth-order valence-electron chi connectivity index (χ4n) is 0.988. The van der Waals surface area contributed by atoms with Crippen LogP contribution in [0.1, 0.15) is 22.5 Å². The molecule has 0 aliphatic carbocycles. The van der Waals surface area contributed by atoms with Crippen LogP contribution >= 0.6 is 15.9 Å². The van der Waals surface area contributed by atoms with E-state index in [1.807, 2.05) is 0 Å². The van der Waals surface area contributed by atoms with Gasteiger partial charge in [0.05, 0.1) is 6.07 Å². The van der Waals surface area contributed by atoms with Gasteiger partial charge in [-0.2, -0.15) is 5.26 Å². The van der Waals surface area contributed by atoms with Crippen LogP contribution in [0.4, 0.5) is 0 Å². The van der Waals surface area contributed by atoms with E-state index >= 15 is 0 Å². The highest BCUT2D eigenvalue weighted by atomic mass is 79.9. The molecule has 0 aliphatic rings. The summed E-state index contributed by atoms with van der Waals surface area (Å²) < 4.78 is 0.832. The number of nitrogens with zero attached hydrogens (tertiary/aromatic N) is 2. The summed E-state index contributed by atoms with van der Waals surface area (Å²) in [6.45, 7) is 1.79. The molecule has 0 aliphatic heterocycles. The van der Waals surface area contributed by atoms with Crippen LogP contribution in [0.5, 0.6) is 0 Å². The van der Waals surface area contributed by atoms with Gasteiger partial charge in [-0.1, -0.05) is 0 Å². The monoisotopic (exact) mass is 238 g/mol. The number of aromatic nitrogens is 1. The molecular formula is C9H7BrN2O. The summed E-state index contributed by atoms with van der Waals surface area (Å²) in [5.74, 6) is -0.229. The van der Waals surface area contributed by atoms with Gasteiger partial charge in [-0.15, -0.1) is 0 Å². The number of halogens is 1. The minimum Gasteiger partial charge on any atom is -0.291 e. The van der Waals surface area contributed by atoms with Gasteiger partial charge in [0, 0.05) is 10.7 Å². The first-order chi connectivity index (χ1) is 6.15. The number of rotatable bonds is 2. The summed E-state index contributed by atoms with van der Waals surface area (Å²) in [6.07, 6.45) is 1.44. The smallest absolute Gasteiger partial charge is 0.195 e. The second kappa shape index (κ2) is 4.15. The van der Waals surface area contributed by atoms with Gasteiger partial charge in [0.25, 0.3) is 0 Å². The Hall–Kier alpha value is -1.21. The molecule has 0 bridgehead atoms. The Labute approximate surface area is 84.5 Å². The molecule has 0 amide bonds. The van der Waals surface area contributed by atoms with E-state index in [0.29, 0.717) is 5.69 Å². The minimum atomic E-state index is -0.229. The molecule has 0 atom stereocenters. The number of carbonyl (C=O) groups excluding carboxylic acids is 1. The van der Waals surface area contributed by atoms with Crippen LogP contribution in [0.2, 0.25) is 0 Å². The number of carbonyl (C=O) groups is 1. The number of hydrogen-bond acceptors (Lipinski definition) is 3. The quantitative estimate of drug-likeness (QED) is 0.743. The molecule has 0 N–H and O–H groups in total. The first-order valence-corrected chi connectivity index (χ1v) is 4.46. The van der Waals surface area contributed by atoms with Gasteiger partial charge >= 0.3 is 0 Å². The zero-order chi connectivity index (χ0) is 9.84. The molecule has 0 radical (unpaired) electrons. The molecule has 1 rings (SSSR count). The average Bonchev–Trinajstić information content (AvgIpc) is 2.04. The lowest BCUT2D eigenvalue weighted by molar-refractivity contribution is 0.0992. The molecule has 1 aromatic rings. The van der Waals surface area contributed by atoms with Gasteiger partial charge in [-0.05, 0) is 34.5 Å². The Morgan fingerprint density at radius 3 is 3.00 bits per heavy atom. The summed E-state index contributed by atoms with van der Waals surface area (Å²) in [4.78, 5) is 15.2. The maximum Gasteiger partial charge on any atom is 0.195 e. The van der Waals surface area contributed by atoms with Crippen molar-refractivity contribution in [1.82, 2.24) is 4.98 Å². The van der Waals surface area contributed by atoms with E-state index < -0.39 is 0 Å². The molecule has 0 aromatic carbocycles. The molecule has 1 aromatic heterocycles. The van der Waals surface area contributed by atoms with Gasteiger partial charge < -0.3 is 0 Å². The lowest BCUT2D eigenvalue weighted by atomic mass is 10.1. The van der Waals surface area contributed by atoms with Gasteiger partial charge in [-0.3, -0.25) is 9.78 Å². The molecule has 3 nitrogen and oxygen atoms in total. The first-order valence-electron chi connectivity index (χ1n) is 3.67. The summed E-state index contributed by atoms with van der Waals surface area (Å²) in [7, 11) is 0. The van der Waals surface area contributed by atoms with Crippen molar-refractivity contribution in [2.24, 2.45) is 0 Å². The Morgan fingerprint density at radius 1 is 1.77 bits per heavy atom. The van der Waals surface area contributed by atoms with E-state index in [2.05, 4.69) is 20.9 Å². The third-order valence-corrected chi connectivity index (χ3v) is 1.98. The van der Waals surface area contributed by atoms with Gasteiger partial charge in [0.2, 0.25) is 0 Å². The van der Waals surface area contributed by atoms with E-state index in [1.54, 1.807) is 25.3 Å². The Bertz CT molecular complexity index is 382. The molecule has 0 spiro atoms. The van der Waals surface area contributed by atoms with E-state index in [1.165, 1.54) is 0 Å². The summed E-state index contributed by atoms with van der Waals surface area (Å²) >= 11 is 3.25. The SMILES string of the molecule is Cc1cc(Br)cnc1C(=O)CC#N. The molecular weight excluding hydrogens is 232 g/mol. The van der Waals surface area contributed by atoms with E-state index in [0.717, 1.165) is 10.0 Å². The maximum absolute atomic E-state index is 11.3. The second-order valence-corrected chi connectivity index (χ2v) is 3.49. The van der Waals surface area contributed by atoms with E-state index in [9.17, 15) is 4.79 Å². The summed E-state index contributed by atoms with van der Waals surface area (Å²) in [5.41, 5.74) is 1.17. The lowest BCUT2D eigenvalue weighted by Crippen LogP contribution is -2.03. The van der Waals surface area contributed by atoms with Crippen LogP contribution in [0.15, 0.2) is 16.7 Å². The second-order valence-electron chi connectivity index (χ2n) is 2.58. The number of nitriles is 1. The predicted molar refractivity (Wildman–Crippen MR) is 51.2 cm³/mol. The third-order valence-electron chi connectivity index (χ3n) is 1.55. The zero-order valence-electron chi connectivity index (χ0n) is 7.04. The van der Waals surface area contributed by atoms with Crippen LogP contribution in [-0.2, 0) is 0 Å². The van der Waals surface area contributed by atoms with E-state index in [4.69, 9.17) is 5.26 Å². The average molecular weight is 239 g/mol. The summed E-state index contributed by atoms with van der Waals surface area (Å²) in [5, 5.41) is 8.34. The van der Waals surface area contributed by atoms with Crippen molar-refractivity contribution >= 4 is 21.7 Å². The van der Waals surface area contributed by atoms with Gasteiger partial charge in [0.15, 0.2) is 5.78 Å². The van der Waals surface area contributed by atoms with Crippen LogP contribution in [0.3, 0.4) is 0 Å². The van der Waals surface area contributed by atoms with Crippen LogP contribution in [0.25, 0.3) is 0 Å². The molecule has 0 saturated heterocycles. The molecule has 66 valence electrons. The molecule has 1 heterocycles. The Kier molecular flexibility index (Phi) is 3.15. The van der Waals surface area contributed by atoms with Crippen molar-refractivity contribution in [2.75, 3.05) is 0 Å². The van der Waals surface area contributed by atoms with Crippen molar-refractivity contribution in [3.8, 4) is 6.07 Å². The van der Waals surface area contributed by atoms with Crippen molar-refractivity contribution in [1.29, 1.82) is 5.26 Å². The zero-order valence-corrected chi connectivity index (χ0v) is 8.63. The van der Waals surface area contributed by atoms with Crippen molar-refractivity contribution in [2.45, 2.75) is 13.3 Å². The van der Waals surface area contributed by atoms with Crippen LogP contribution in [-0.4, -0.2) is 10.8 Å².